The van der Waals surface area contributed by atoms with Crippen molar-refractivity contribution in [3.63, 3.8) is 0 Å². The standard InChI is InChI=1S/C11H9ClN4O/c1-8(17)13-6-2-3-9-7-14-11-5-4-10(12)15-16(9)11/h4-5,7H,6H2,1H3,(H,13,17). The Morgan fingerprint density at radius 1 is 1.59 bits per heavy atom. The highest BCUT2D eigenvalue weighted by atomic mass is 35.5. The van der Waals surface area contributed by atoms with Gasteiger partial charge in [0.15, 0.2) is 5.65 Å². The van der Waals surface area contributed by atoms with Crippen LogP contribution < -0.4 is 5.32 Å². The van der Waals surface area contributed by atoms with E-state index in [9.17, 15) is 4.79 Å². The van der Waals surface area contributed by atoms with Crippen molar-refractivity contribution < 1.29 is 4.79 Å². The Morgan fingerprint density at radius 2 is 2.41 bits per heavy atom. The smallest absolute Gasteiger partial charge is 0.217 e. The van der Waals surface area contributed by atoms with Crippen LogP contribution in [0.2, 0.25) is 5.15 Å². The number of halogens is 1. The van der Waals surface area contributed by atoms with Crippen LogP contribution in [0.5, 0.6) is 0 Å². The monoisotopic (exact) mass is 248 g/mol. The molecular weight excluding hydrogens is 240 g/mol. The molecule has 0 aliphatic carbocycles. The number of aromatic nitrogens is 3. The zero-order chi connectivity index (χ0) is 12.3. The van der Waals surface area contributed by atoms with Crippen LogP contribution in [-0.4, -0.2) is 27.0 Å². The third-order valence-electron chi connectivity index (χ3n) is 1.97. The third-order valence-corrected chi connectivity index (χ3v) is 2.17. The van der Waals surface area contributed by atoms with E-state index < -0.39 is 0 Å². The molecule has 6 heteroatoms. The summed E-state index contributed by atoms with van der Waals surface area (Å²) in [5.41, 5.74) is 1.31. The van der Waals surface area contributed by atoms with Gasteiger partial charge in [0.05, 0.1) is 12.7 Å². The minimum Gasteiger partial charge on any atom is -0.345 e. The van der Waals surface area contributed by atoms with Gasteiger partial charge in [-0.05, 0) is 18.1 Å². The third kappa shape index (κ3) is 2.74. The molecule has 2 aromatic heterocycles. The van der Waals surface area contributed by atoms with Crippen molar-refractivity contribution in [2.24, 2.45) is 0 Å². The first-order valence-corrected chi connectivity index (χ1v) is 5.28. The second-order valence-corrected chi connectivity index (χ2v) is 3.67. The predicted octanol–water partition coefficient (Wildman–Crippen LogP) is 0.870. The fourth-order valence-electron chi connectivity index (χ4n) is 1.24. The van der Waals surface area contributed by atoms with Gasteiger partial charge in [0.25, 0.3) is 0 Å². The van der Waals surface area contributed by atoms with Crippen molar-refractivity contribution in [1.29, 1.82) is 0 Å². The summed E-state index contributed by atoms with van der Waals surface area (Å²) in [6, 6.07) is 3.42. The van der Waals surface area contributed by atoms with E-state index in [-0.39, 0.29) is 5.91 Å². The number of carbonyl (C=O) groups excluding carboxylic acids is 1. The van der Waals surface area contributed by atoms with Crippen LogP contribution in [-0.2, 0) is 4.79 Å². The highest BCUT2D eigenvalue weighted by Gasteiger charge is 2.01. The van der Waals surface area contributed by atoms with E-state index in [1.54, 1.807) is 22.8 Å². The van der Waals surface area contributed by atoms with Crippen molar-refractivity contribution in [1.82, 2.24) is 19.9 Å². The molecule has 2 aromatic rings. The van der Waals surface area contributed by atoms with Gasteiger partial charge in [-0.1, -0.05) is 17.5 Å². The maximum atomic E-state index is 10.6. The Morgan fingerprint density at radius 3 is 3.18 bits per heavy atom. The first-order valence-electron chi connectivity index (χ1n) is 4.90. The van der Waals surface area contributed by atoms with Gasteiger partial charge in [-0.15, -0.1) is 0 Å². The summed E-state index contributed by atoms with van der Waals surface area (Å²) in [5, 5.41) is 7.03. The molecule has 1 N–H and O–H groups in total. The number of rotatable bonds is 1. The van der Waals surface area contributed by atoms with Crippen molar-refractivity contribution >= 4 is 23.2 Å². The molecule has 17 heavy (non-hydrogen) atoms. The summed E-state index contributed by atoms with van der Waals surface area (Å²) in [5.74, 6) is 5.56. The number of carbonyl (C=O) groups is 1. The van der Waals surface area contributed by atoms with E-state index in [1.165, 1.54) is 6.92 Å². The fourth-order valence-corrected chi connectivity index (χ4v) is 1.38. The first kappa shape index (κ1) is 11.4. The molecule has 5 nitrogen and oxygen atoms in total. The number of nitrogens with one attached hydrogen (secondary N) is 1. The number of fused-ring (bicyclic) bond motifs is 1. The lowest BCUT2D eigenvalue weighted by atomic mass is 10.4. The largest absolute Gasteiger partial charge is 0.345 e. The van der Waals surface area contributed by atoms with Crippen LogP contribution in [0.25, 0.3) is 5.65 Å². The molecule has 0 unspecified atom stereocenters. The topological polar surface area (TPSA) is 59.3 Å². The van der Waals surface area contributed by atoms with E-state index in [4.69, 9.17) is 11.6 Å². The van der Waals surface area contributed by atoms with Gasteiger partial charge in [0.2, 0.25) is 5.91 Å². The number of hydrogen-bond acceptors (Lipinski definition) is 3. The van der Waals surface area contributed by atoms with E-state index in [0.717, 1.165) is 0 Å². The molecule has 86 valence electrons. The van der Waals surface area contributed by atoms with Crippen molar-refractivity contribution in [2.75, 3.05) is 6.54 Å². The van der Waals surface area contributed by atoms with E-state index in [2.05, 4.69) is 27.2 Å². The molecule has 0 saturated carbocycles. The zero-order valence-corrected chi connectivity index (χ0v) is 9.82. The van der Waals surface area contributed by atoms with E-state index in [0.29, 0.717) is 23.0 Å². The zero-order valence-electron chi connectivity index (χ0n) is 9.07. The Labute approximate surface area is 103 Å². The van der Waals surface area contributed by atoms with Crippen molar-refractivity contribution in [3.05, 3.63) is 29.2 Å². The molecule has 2 rings (SSSR count). The van der Waals surface area contributed by atoms with Crippen LogP contribution in [0.1, 0.15) is 12.6 Å². The van der Waals surface area contributed by atoms with Crippen LogP contribution in [0.3, 0.4) is 0 Å². The van der Waals surface area contributed by atoms with Gasteiger partial charge < -0.3 is 5.32 Å². The molecular formula is C11H9ClN4O. The quantitative estimate of drug-likeness (QED) is 0.762. The summed E-state index contributed by atoms with van der Waals surface area (Å²) < 4.78 is 1.56. The number of nitrogens with zero attached hydrogens (tertiary/aromatic N) is 3. The molecule has 2 heterocycles. The van der Waals surface area contributed by atoms with Crippen molar-refractivity contribution in [2.45, 2.75) is 6.92 Å². The summed E-state index contributed by atoms with van der Waals surface area (Å²) in [7, 11) is 0. The molecule has 0 radical (unpaired) electrons. The highest BCUT2D eigenvalue weighted by molar-refractivity contribution is 6.29. The predicted molar refractivity (Wildman–Crippen MR) is 63.6 cm³/mol. The molecule has 0 aromatic carbocycles. The van der Waals surface area contributed by atoms with Gasteiger partial charge >= 0.3 is 0 Å². The maximum Gasteiger partial charge on any atom is 0.217 e. The minimum atomic E-state index is -0.112. The fraction of sp³-hybridized carbons (Fsp3) is 0.182. The normalized spacial score (nSPS) is 9.76. The molecule has 0 saturated heterocycles. The lowest BCUT2D eigenvalue weighted by Gasteiger charge is -1.94. The molecule has 0 aliphatic rings. The van der Waals surface area contributed by atoms with E-state index >= 15 is 0 Å². The maximum absolute atomic E-state index is 10.6. The SMILES string of the molecule is CC(=O)NCC#Cc1cnc2ccc(Cl)nn12. The Bertz CT molecular complexity index is 623. The average molecular weight is 249 g/mol. The second-order valence-electron chi connectivity index (χ2n) is 3.28. The van der Waals surface area contributed by atoms with Gasteiger partial charge in [-0.25, -0.2) is 9.50 Å². The average Bonchev–Trinajstić information content (AvgIpc) is 2.67. The molecule has 0 fully saturated rings. The van der Waals surface area contributed by atoms with Crippen LogP contribution in [0.4, 0.5) is 0 Å². The summed E-state index contributed by atoms with van der Waals surface area (Å²) >= 11 is 5.79. The van der Waals surface area contributed by atoms with Gasteiger partial charge in [0.1, 0.15) is 10.8 Å². The van der Waals surface area contributed by atoms with Gasteiger partial charge in [-0.2, -0.15) is 5.10 Å². The summed E-state index contributed by atoms with van der Waals surface area (Å²) in [6.45, 7) is 1.74. The summed E-state index contributed by atoms with van der Waals surface area (Å²) in [4.78, 5) is 14.8. The number of amides is 1. The number of imidazole rings is 1. The summed E-state index contributed by atoms with van der Waals surface area (Å²) in [6.07, 6.45) is 1.61. The lowest BCUT2D eigenvalue weighted by Crippen LogP contribution is -2.19. The first-order chi connectivity index (χ1) is 8.16. The molecule has 0 atom stereocenters. The Kier molecular flexibility index (Phi) is 3.26. The van der Waals surface area contributed by atoms with Gasteiger partial charge in [0, 0.05) is 6.92 Å². The number of hydrogen-bond donors (Lipinski definition) is 1. The second kappa shape index (κ2) is 4.85. The van der Waals surface area contributed by atoms with Gasteiger partial charge in [-0.3, -0.25) is 4.79 Å². The molecule has 0 aliphatic heterocycles. The van der Waals surface area contributed by atoms with Crippen LogP contribution in [0, 0.1) is 11.8 Å². The van der Waals surface area contributed by atoms with Crippen LogP contribution >= 0.6 is 11.6 Å². The minimum absolute atomic E-state index is 0.112. The highest BCUT2D eigenvalue weighted by Crippen LogP contribution is 2.08. The lowest BCUT2D eigenvalue weighted by molar-refractivity contribution is -0.118. The van der Waals surface area contributed by atoms with Crippen LogP contribution in [0.15, 0.2) is 18.3 Å². The van der Waals surface area contributed by atoms with Crippen molar-refractivity contribution in [3.8, 4) is 11.8 Å². The Balaban J connectivity index is 2.24. The molecule has 1 amide bonds. The Hall–Kier alpha value is -2.06. The molecule has 0 bridgehead atoms. The van der Waals surface area contributed by atoms with E-state index in [1.807, 2.05) is 0 Å². The molecule has 0 spiro atoms.